The molecule has 0 fully saturated rings. The van der Waals surface area contributed by atoms with Crippen LogP contribution in [0.4, 0.5) is 17.1 Å². The SMILES string of the molecule is C=Nc1cc(C(C)O)ccc1Nc1cccc(-c2cccnc2)c1. The number of aromatic nitrogens is 1. The highest BCUT2D eigenvalue weighted by Gasteiger charge is 2.07. The van der Waals surface area contributed by atoms with Crippen molar-refractivity contribution in [3.8, 4) is 11.1 Å². The second kappa shape index (κ2) is 7.06. The van der Waals surface area contributed by atoms with Crippen LogP contribution in [0, 0.1) is 0 Å². The average molecular weight is 317 g/mol. The zero-order valence-electron chi connectivity index (χ0n) is 13.5. The van der Waals surface area contributed by atoms with Gasteiger partial charge in [0.1, 0.15) is 0 Å². The Hall–Kier alpha value is -2.98. The Morgan fingerprint density at radius 2 is 1.92 bits per heavy atom. The number of nitrogens with one attached hydrogen (secondary N) is 1. The van der Waals surface area contributed by atoms with Gasteiger partial charge in [-0.2, -0.15) is 0 Å². The van der Waals surface area contributed by atoms with Gasteiger partial charge in [0.2, 0.25) is 0 Å². The van der Waals surface area contributed by atoms with E-state index in [1.54, 1.807) is 13.1 Å². The van der Waals surface area contributed by atoms with Crippen molar-refractivity contribution in [3.05, 3.63) is 72.6 Å². The molecular weight excluding hydrogens is 298 g/mol. The zero-order chi connectivity index (χ0) is 16.9. The molecule has 0 aliphatic rings. The quantitative estimate of drug-likeness (QED) is 0.660. The Kier molecular flexibility index (Phi) is 4.68. The highest BCUT2D eigenvalue weighted by Crippen LogP contribution is 2.32. The number of aliphatic hydroxyl groups is 1. The number of aliphatic imine (C=N–C) groups is 1. The molecule has 2 aromatic carbocycles. The van der Waals surface area contributed by atoms with Gasteiger partial charge >= 0.3 is 0 Å². The molecule has 120 valence electrons. The first-order valence-electron chi connectivity index (χ1n) is 7.73. The fraction of sp³-hybridized carbons (Fsp3) is 0.100. The summed E-state index contributed by atoms with van der Waals surface area (Å²) in [4.78, 5) is 8.22. The normalized spacial score (nSPS) is 11.8. The maximum Gasteiger partial charge on any atom is 0.0860 e. The number of benzene rings is 2. The highest BCUT2D eigenvalue weighted by atomic mass is 16.3. The van der Waals surface area contributed by atoms with Crippen molar-refractivity contribution < 1.29 is 5.11 Å². The summed E-state index contributed by atoms with van der Waals surface area (Å²) in [7, 11) is 0. The largest absolute Gasteiger partial charge is 0.389 e. The van der Waals surface area contributed by atoms with Gasteiger partial charge < -0.3 is 10.4 Å². The van der Waals surface area contributed by atoms with Crippen LogP contribution in [-0.2, 0) is 0 Å². The smallest absolute Gasteiger partial charge is 0.0860 e. The van der Waals surface area contributed by atoms with E-state index < -0.39 is 6.10 Å². The summed E-state index contributed by atoms with van der Waals surface area (Å²) in [6.07, 6.45) is 3.07. The fourth-order valence-electron chi connectivity index (χ4n) is 2.51. The molecule has 0 spiro atoms. The van der Waals surface area contributed by atoms with E-state index in [0.29, 0.717) is 5.69 Å². The Morgan fingerprint density at radius 1 is 1.08 bits per heavy atom. The van der Waals surface area contributed by atoms with Crippen LogP contribution in [0.25, 0.3) is 11.1 Å². The van der Waals surface area contributed by atoms with E-state index in [1.165, 1.54) is 0 Å². The molecule has 0 aliphatic heterocycles. The van der Waals surface area contributed by atoms with Crippen LogP contribution in [0.5, 0.6) is 0 Å². The van der Waals surface area contributed by atoms with Gasteiger partial charge in [0.15, 0.2) is 0 Å². The molecule has 1 aromatic heterocycles. The summed E-state index contributed by atoms with van der Waals surface area (Å²) < 4.78 is 0. The van der Waals surface area contributed by atoms with Crippen molar-refractivity contribution in [2.45, 2.75) is 13.0 Å². The molecule has 0 radical (unpaired) electrons. The van der Waals surface area contributed by atoms with Crippen molar-refractivity contribution >= 4 is 23.8 Å². The van der Waals surface area contributed by atoms with Crippen molar-refractivity contribution in [2.24, 2.45) is 4.99 Å². The third-order valence-corrected chi connectivity index (χ3v) is 3.81. The highest BCUT2D eigenvalue weighted by molar-refractivity contribution is 5.76. The number of aliphatic hydroxyl groups excluding tert-OH is 1. The van der Waals surface area contributed by atoms with Gasteiger partial charge in [-0.05, 0) is 55.1 Å². The molecule has 1 atom stereocenters. The number of rotatable bonds is 5. The number of anilines is 2. The summed E-state index contributed by atoms with van der Waals surface area (Å²) in [5.41, 5.74) is 5.46. The molecule has 24 heavy (non-hydrogen) atoms. The molecule has 0 saturated heterocycles. The molecule has 3 aromatic rings. The predicted octanol–water partition coefficient (Wildman–Crippen LogP) is 4.88. The van der Waals surface area contributed by atoms with E-state index >= 15 is 0 Å². The van der Waals surface area contributed by atoms with E-state index in [-0.39, 0.29) is 0 Å². The molecule has 1 heterocycles. The van der Waals surface area contributed by atoms with Gasteiger partial charge in [0.05, 0.1) is 17.5 Å². The third kappa shape index (κ3) is 3.50. The maximum absolute atomic E-state index is 9.70. The summed E-state index contributed by atoms with van der Waals surface area (Å²) in [6.45, 7) is 5.35. The van der Waals surface area contributed by atoms with Crippen molar-refractivity contribution in [2.75, 3.05) is 5.32 Å². The van der Waals surface area contributed by atoms with Gasteiger partial charge in [-0.3, -0.25) is 9.98 Å². The Morgan fingerprint density at radius 3 is 2.62 bits per heavy atom. The standard InChI is InChI=1S/C20H19N3O/c1-14(24)15-8-9-19(20(12-15)21-2)23-18-7-3-5-16(11-18)17-6-4-10-22-13-17/h3-14,23-24H,2H2,1H3. The molecule has 3 rings (SSSR count). The first-order valence-corrected chi connectivity index (χ1v) is 7.73. The minimum absolute atomic E-state index is 0.534. The molecule has 1 unspecified atom stereocenters. The summed E-state index contributed by atoms with van der Waals surface area (Å²) in [5, 5.41) is 13.1. The first kappa shape index (κ1) is 15.9. The Balaban J connectivity index is 1.90. The molecule has 4 nitrogen and oxygen atoms in total. The predicted molar refractivity (Wildman–Crippen MR) is 99.2 cm³/mol. The third-order valence-electron chi connectivity index (χ3n) is 3.81. The second-order valence-corrected chi connectivity index (χ2v) is 5.56. The van der Waals surface area contributed by atoms with Crippen LogP contribution in [0.2, 0.25) is 0 Å². The van der Waals surface area contributed by atoms with Gasteiger partial charge in [0, 0.05) is 23.6 Å². The van der Waals surface area contributed by atoms with E-state index in [1.807, 2.05) is 54.7 Å². The van der Waals surface area contributed by atoms with Gasteiger partial charge in [-0.15, -0.1) is 0 Å². The lowest BCUT2D eigenvalue weighted by Gasteiger charge is -2.13. The summed E-state index contributed by atoms with van der Waals surface area (Å²) >= 11 is 0. The van der Waals surface area contributed by atoms with E-state index in [0.717, 1.165) is 28.1 Å². The second-order valence-electron chi connectivity index (χ2n) is 5.56. The first-order chi connectivity index (χ1) is 11.7. The topological polar surface area (TPSA) is 57.5 Å². The summed E-state index contributed by atoms with van der Waals surface area (Å²) in [6, 6.07) is 17.7. The number of pyridine rings is 1. The monoisotopic (exact) mass is 317 g/mol. The molecule has 4 heteroatoms. The Bertz CT molecular complexity index is 845. The number of hydrogen-bond donors (Lipinski definition) is 2. The van der Waals surface area contributed by atoms with Crippen LogP contribution in [-0.4, -0.2) is 16.8 Å². The van der Waals surface area contributed by atoms with Gasteiger partial charge in [-0.25, -0.2) is 0 Å². The lowest BCUT2D eigenvalue weighted by molar-refractivity contribution is 0.199. The van der Waals surface area contributed by atoms with E-state index in [9.17, 15) is 5.11 Å². The van der Waals surface area contributed by atoms with Gasteiger partial charge in [0.25, 0.3) is 0 Å². The number of hydrogen-bond acceptors (Lipinski definition) is 4. The van der Waals surface area contributed by atoms with Crippen molar-refractivity contribution in [1.82, 2.24) is 4.98 Å². The summed E-state index contributed by atoms with van der Waals surface area (Å²) in [5.74, 6) is 0. The molecule has 0 aliphatic carbocycles. The minimum Gasteiger partial charge on any atom is -0.389 e. The zero-order valence-corrected chi connectivity index (χ0v) is 13.5. The molecule has 0 bridgehead atoms. The van der Waals surface area contributed by atoms with E-state index in [2.05, 4.69) is 28.1 Å². The lowest BCUT2D eigenvalue weighted by atomic mass is 10.1. The molecule has 0 saturated carbocycles. The fourth-order valence-corrected chi connectivity index (χ4v) is 2.51. The van der Waals surface area contributed by atoms with Gasteiger partial charge in [-0.1, -0.05) is 24.3 Å². The Labute approximate surface area is 141 Å². The van der Waals surface area contributed by atoms with Crippen LogP contribution in [0.15, 0.2) is 72.0 Å². The van der Waals surface area contributed by atoms with Crippen LogP contribution in [0.3, 0.4) is 0 Å². The minimum atomic E-state index is -0.534. The lowest BCUT2D eigenvalue weighted by Crippen LogP contribution is -1.95. The van der Waals surface area contributed by atoms with E-state index in [4.69, 9.17) is 0 Å². The molecular formula is C20H19N3O. The van der Waals surface area contributed by atoms with Crippen molar-refractivity contribution in [3.63, 3.8) is 0 Å². The van der Waals surface area contributed by atoms with Crippen LogP contribution >= 0.6 is 0 Å². The van der Waals surface area contributed by atoms with Crippen LogP contribution in [0.1, 0.15) is 18.6 Å². The molecule has 2 N–H and O–H groups in total. The van der Waals surface area contributed by atoms with Crippen molar-refractivity contribution in [1.29, 1.82) is 0 Å². The average Bonchev–Trinajstić information content (AvgIpc) is 2.63. The molecule has 0 amide bonds. The number of nitrogens with zero attached hydrogens (tertiary/aromatic N) is 2. The maximum atomic E-state index is 9.70. The van der Waals surface area contributed by atoms with Crippen LogP contribution < -0.4 is 5.32 Å².